The average Bonchev–Trinajstić information content (AvgIpc) is 2.51. The number of ether oxygens (including phenoxy) is 2. The van der Waals surface area contributed by atoms with Crippen molar-refractivity contribution >= 4 is 33.2 Å². The van der Waals surface area contributed by atoms with Crippen molar-refractivity contribution < 1.29 is 17.9 Å². The molecule has 1 N–H and O–H groups in total. The van der Waals surface area contributed by atoms with Gasteiger partial charge in [-0.15, -0.1) is 0 Å². The lowest BCUT2D eigenvalue weighted by Crippen LogP contribution is -2.28. The first-order valence-corrected chi connectivity index (χ1v) is 8.89. The third kappa shape index (κ3) is 4.51. The molecule has 0 aliphatic carbocycles. The third-order valence-electron chi connectivity index (χ3n) is 2.91. The van der Waals surface area contributed by atoms with Gasteiger partial charge in [-0.3, -0.25) is 0 Å². The fraction of sp³-hybridized carbons (Fsp3) is 0.200. The quantitative estimate of drug-likeness (QED) is 0.753. The van der Waals surface area contributed by atoms with E-state index in [4.69, 9.17) is 32.7 Å². The third-order valence-corrected chi connectivity index (χ3v) is 5.32. The topological polar surface area (TPSA) is 64.6 Å². The van der Waals surface area contributed by atoms with Gasteiger partial charge in [0, 0.05) is 6.54 Å². The normalized spacial score (nSPS) is 11.3. The molecule has 0 heterocycles. The van der Waals surface area contributed by atoms with Crippen LogP contribution < -0.4 is 14.2 Å². The standard InChI is InChI=1S/C15H15Cl2NO4S/c1-21-13-7-2-3-8-14(13)22-10-9-18-23(19,20)15-11(16)5-4-6-12(15)17/h2-8,18H,9-10H2,1H3. The fourth-order valence-electron chi connectivity index (χ4n) is 1.89. The lowest BCUT2D eigenvalue weighted by molar-refractivity contribution is 0.299. The Morgan fingerprint density at radius 1 is 1.00 bits per heavy atom. The van der Waals surface area contributed by atoms with Crippen LogP contribution >= 0.6 is 23.2 Å². The van der Waals surface area contributed by atoms with Crippen LogP contribution in [0.2, 0.25) is 10.0 Å². The second kappa shape index (κ2) is 7.88. The Morgan fingerprint density at radius 3 is 2.22 bits per heavy atom. The second-order valence-electron chi connectivity index (χ2n) is 4.45. The molecular weight excluding hydrogens is 361 g/mol. The molecule has 0 aromatic heterocycles. The summed E-state index contributed by atoms with van der Waals surface area (Å²) in [6.45, 7) is 0.184. The maximum atomic E-state index is 12.2. The van der Waals surface area contributed by atoms with Crippen LogP contribution in [0.5, 0.6) is 11.5 Å². The highest BCUT2D eigenvalue weighted by atomic mass is 35.5. The first-order valence-electron chi connectivity index (χ1n) is 6.65. The molecule has 0 spiro atoms. The van der Waals surface area contributed by atoms with Crippen LogP contribution in [-0.2, 0) is 10.0 Å². The highest BCUT2D eigenvalue weighted by molar-refractivity contribution is 7.89. The van der Waals surface area contributed by atoms with Crippen LogP contribution in [-0.4, -0.2) is 28.7 Å². The number of para-hydroxylation sites is 2. The van der Waals surface area contributed by atoms with Crippen LogP contribution in [0.15, 0.2) is 47.4 Å². The molecule has 0 atom stereocenters. The number of nitrogens with one attached hydrogen (secondary N) is 1. The van der Waals surface area contributed by atoms with Gasteiger partial charge in [0.25, 0.3) is 0 Å². The Bertz CT molecular complexity index is 761. The Kier molecular flexibility index (Phi) is 6.12. The summed E-state index contributed by atoms with van der Waals surface area (Å²) in [5, 5.41) is 0.131. The molecule has 0 amide bonds. The van der Waals surface area contributed by atoms with Crippen molar-refractivity contribution in [2.75, 3.05) is 20.3 Å². The van der Waals surface area contributed by atoms with Crippen LogP contribution in [0.3, 0.4) is 0 Å². The van der Waals surface area contributed by atoms with Crippen LogP contribution in [0, 0.1) is 0 Å². The van der Waals surface area contributed by atoms with Crippen molar-refractivity contribution in [2.45, 2.75) is 4.90 Å². The minimum absolute atomic E-state index is 0.0575. The number of rotatable bonds is 7. The van der Waals surface area contributed by atoms with E-state index in [1.54, 1.807) is 24.3 Å². The van der Waals surface area contributed by atoms with Crippen molar-refractivity contribution in [3.05, 3.63) is 52.5 Å². The van der Waals surface area contributed by atoms with Crippen molar-refractivity contribution in [3.8, 4) is 11.5 Å². The van der Waals surface area contributed by atoms with Crippen molar-refractivity contribution in [1.29, 1.82) is 0 Å². The fourth-order valence-corrected chi connectivity index (χ4v) is 4.04. The van der Waals surface area contributed by atoms with E-state index in [1.807, 2.05) is 6.07 Å². The number of methoxy groups -OCH3 is 1. The molecule has 2 aromatic carbocycles. The summed E-state index contributed by atoms with van der Waals surface area (Å²) in [5.41, 5.74) is 0. The van der Waals surface area contributed by atoms with Gasteiger partial charge < -0.3 is 9.47 Å². The summed E-state index contributed by atoms with van der Waals surface area (Å²) in [7, 11) is -2.28. The van der Waals surface area contributed by atoms with Gasteiger partial charge in [0.1, 0.15) is 11.5 Å². The molecule has 0 aliphatic heterocycles. The Balaban J connectivity index is 1.98. The van der Waals surface area contributed by atoms with E-state index < -0.39 is 10.0 Å². The van der Waals surface area contributed by atoms with E-state index in [1.165, 1.54) is 19.2 Å². The molecule has 0 fully saturated rings. The minimum Gasteiger partial charge on any atom is -0.493 e. The lowest BCUT2D eigenvalue weighted by atomic mass is 10.3. The largest absolute Gasteiger partial charge is 0.493 e. The average molecular weight is 376 g/mol. The lowest BCUT2D eigenvalue weighted by Gasteiger charge is -2.12. The summed E-state index contributed by atoms with van der Waals surface area (Å²) >= 11 is 11.8. The molecule has 0 saturated carbocycles. The minimum atomic E-state index is -3.82. The smallest absolute Gasteiger partial charge is 0.243 e. The van der Waals surface area contributed by atoms with Gasteiger partial charge in [-0.25, -0.2) is 13.1 Å². The number of hydrogen-bond acceptors (Lipinski definition) is 4. The van der Waals surface area contributed by atoms with E-state index in [0.29, 0.717) is 11.5 Å². The van der Waals surface area contributed by atoms with Gasteiger partial charge in [0.15, 0.2) is 11.5 Å². The van der Waals surface area contributed by atoms with Gasteiger partial charge >= 0.3 is 0 Å². The molecule has 124 valence electrons. The van der Waals surface area contributed by atoms with Gasteiger partial charge in [0.05, 0.1) is 17.2 Å². The number of halogens is 2. The van der Waals surface area contributed by atoms with Crippen LogP contribution in [0.4, 0.5) is 0 Å². The van der Waals surface area contributed by atoms with Gasteiger partial charge in [-0.2, -0.15) is 0 Å². The molecule has 23 heavy (non-hydrogen) atoms. The van der Waals surface area contributed by atoms with E-state index in [2.05, 4.69) is 4.72 Å². The van der Waals surface area contributed by atoms with E-state index in [0.717, 1.165) is 0 Å². The summed E-state index contributed by atoms with van der Waals surface area (Å²) in [5.74, 6) is 1.11. The molecule has 2 aromatic rings. The summed E-state index contributed by atoms with van der Waals surface area (Å²) in [6.07, 6.45) is 0. The predicted molar refractivity (Wildman–Crippen MR) is 90.1 cm³/mol. The number of benzene rings is 2. The molecular formula is C15H15Cl2NO4S. The molecule has 5 nitrogen and oxygen atoms in total. The molecule has 2 rings (SSSR count). The molecule has 0 aliphatic rings. The maximum absolute atomic E-state index is 12.2. The molecule has 0 radical (unpaired) electrons. The highest BCUT2D eigenvalue weighted by Crippen LogP contribution is 2.29. The summed E-state index contributed by atoms with van der Waals surface area (Å²) in [6, 6.07) is 11.6. The molecule has 0 unspecified atom stereocenters. The monoisotopic (exact) mass is 375 g/mol. The summed E-state index contributed by atoms with van der Waals surface area (Å²) in [4.78, 5) is -0.138. The Labute approximate surface area is 145 Å². The Morgan fingerprint density at radius 2 is 1.61 bits per heavy atom. The number of sulfonamides is 1. The van der Waals surface area contributed by atoms with Gasteiger partial charge in [-0.05, 0) is 24.3 Å². The first-order chi connectivity index (χ1) is 11.0. The van der Waals surface area contributed by atoms with E-state index in [9.17, 15) is 8.42 Å². The van der Waals surface area contributed by atoms with Crippen molar-refractivity contribution in [3.63, 3.8) is 0 Å². The molecule has 0 saturated heterocycles. The second-order valence-corrected chi connectivity index (χ2v) is 6.97. The van der Waals surface area contributed by atoms with Gasteiger partial charge in [-0.1, -0.05) is 41.4 Å². The predicted octanol–water partition coefficient (Wildman–Crippen LogP) is 3.36. The van der Waals surface area contributed by atoms with Crippen LogP contribution in [0.25, 0.3) is 0 Å². The maximum Gasteiger partial charge on any atom is 0.243 e. The van der Waals surface area contributed by atoms with E-state index >= 15 is 0 Å². The highest BCUT2D eigenvalue weighted by Gasteiger charge is 2.20. The summed E-state index contributed by atoms with van der Waals surface area (Å²) < 4.78 is 37.5. The van der Waals surface area contributed by atoms with Crippen molar-refractivity contribution in [1.82, 2.24) is 4.72 Å². The van der Waals surface area contributed by atoms with E-state index in [-0.39, 0.29) is 28.1 Å². The SMILES string of the molecule is COc1ccccc1OCCNS(=O)(=O)c1c(Cl)cccc1Cl. The molecule has 8 heteroatoms. The zero-order chi connectivity index (χ0) is 16.9. The van der Waals surface area contributed by atoms with Gasteiger partial charge in [0.2, 0.25) is 10.0 Å². The van der Waals surface area contributed by atoms with Crippen LogP contribution in [0.1, 0.15) is 0 Å². The van der Waals surface area contributed by atoms with Crippen molar-refractivity contribution in [2.24, 2.45) is 0 Å². The Hall–Kier alpha value is -1.47. The zero-order valence-electron chi connectivity index (χ0n) is 12.3. The first kappa shape index (κ1) is 17.9. The molecule has 0 bridgehead atoms. The number of hydrogen-bond donors (Lipinski definition) is 1. The zero-order valence-corrected chi connectivity index (χ0v) is 14.6.